The molecule has 1 unspecified atom stereocenters. The summed E-state index contributed by atoms with van der Waals surface area (Å²) in [6.07, 6.45) is 0. The smallest absolute Gasteiger partial charge is 0.130 e. The molecular weight excluding hydrogens is 406 g/mol. The first-order chi connectivity index (χ1) is 9.86. The minimum atomic E-state index is -0.593. The molecule has 21 heavy (non-hydrogen) atoms. The summed E-state index contributed by atoms with van der Waals surface area (Å²) in [5.74, 6) is -0.484. The van der Waals surface area contributed by atoms with Crippen molar-refractivity contribution in [3.8, 4) is 5.75 Å². The Bertz CT molecular complexity index is 686. The molecule has 0 aliphatic heterocycles. The van der Waals surface area contributed by atoms with Crippen molar-refractivity contribution in [3.05, 3.63) is 62.6 Å². The highest BCUT2D eigenvalue weighted by molar-refractivity contribution is 9.10. The lowest BCUT2D eigenvalue weighted by molar-refractivity contribution is 0.406. The minimum Gasteiger partial charge on any atom is -0.496 e. The molecule has 2 aromatic rings. The fraction of sp³-hybridized carbons (Fsp3) is 0.250. The summed E-state index contributed by atoms with van der Waals surface area (Å²) in [6.45, 7) is 3.85. The minimum absolute atomic E-state index is 0.371. The van der Waals surface area contributed by atoms with Gasteiger partial charge in [-0.15, -0.1) is 0 Å². The van der Waals surface area contributed by atoms with E-state index in [9.17, 15) is 8.78 Å². The zero-order valence-corrected chi connectivity index (χ0v) is 15.0. The molecular formula is C16H14Br2F2O. The van der Waals surface area contributed by atoms with E-state index < -0.39 is 16.5 Å². The molecule has 2 rings (SSSR count). The van der Waals surface area contributed by atoms with Gasteiger partial charge in [0, 0.05) is 21.7 Å². The van der Waals surface area contributed by atoms with Crippen molar-refractivity contribution >= 4 is 31.9 Å². The second kappa shape index (κ2) is 6.44. The highest BCUT2D eigenvalue weighted by Crippen LogP contribution is 2.43. The Morgan fingerprint density at radius 3 is 2.38 bits per heavy atom. The molecule has 1 atom stereocenters. The van der Waals surface area contributed by atoms with Crippen LogP contribution in [-0.4, -0.2) is 7.11 Å². The molecule has 5 heteroatoms. The first-order valence-corrected chi connectivity index (χ1v) is 8.00. The molecule has 0 bridgehead atoms. The lowest BCUT2D eigenvalue weighted by atomic mass is 9.96. The van der Waals surface area contributed by atoms with Crippen molar-refractivity contribution in [2.24, 2.45) is 0 Å². The van der Waals surface area contributed by atoms with E-state index in [1.807, 2.05) is 19.9 Å². The van der Waals surface area contributed by atoms with E-state index in [0.29, 0.717) is 11.3 Å². The number of rotatable bonds is 3. The molecule has 0 amide bonds. The van der Waals surface area contributed by atoms with Gasteiger partial charge in [0.1, 0.15) is 17.4 Å². The standard InChI is InChI=1S/C16H14Br2F2O/c1-8-6-12(17)9(2)14(16(8)21-3)15(18)11-5-4-10(19)7-13(11)20/h4-7,15H,1-3H3. The molecule has 0 aliphatic rings. The zero-order chi connectivity index (χ0) is 15.7. The molecule has 0 saturated heterocycles. The maximum absolute atomic E-state index is 14.0. The van der Waals surface area contributed by atoms with Crippen LogP contribution in [0.3, 0.4) is 0 Å². The molecule has 0 radical (unpaired) electrons. The van der Waals surface area contributed by atoms with E-state index in [1.165, 1.54) is 12.1 Å². The Labute approximate surface area is 139 Å². The topological polar surface area (TPSA) is 9.23 Å². The van der Waals surface area contributed by atoms with Gasteiger partial charge in [-0.3, -0.25) is 0 Å². The highest BCUT2D eigenvalue weighted by atomic mass is 79.9. The molecule has 112 valence electrons. The average Bonchev–Trinajstić information content (AvgIpc) is 2.41. The first-order valence-electron chi connectivity index (χ1n) is 6.29. The quantitative estimate of drug-likeness (QED) is 0.568. The van der Waals surface area contributed by atoms with Crippen LogP contribution in [0, 0.1) is 25.5 Å². The Morgan fingerprint density at radius 2 is 1.81 bits per heavy atom. The molecule has 0 heterocycles. The highest BCUT2D eigenvalue weighted by Gasteiger charge is 2.23. The summed E-state index contributed by atoms with van der Waals surface area (Å²) in [5.41, 5.74) is 3.09. The maximum Gasteiger partial charge on any atom is 0.130 e. The van der Waals surface area contributed by atoms with E-state index in [0.717, 1.165) is 27.2 Å². The van der Waals surface area contributed by atoms with Crippen molar-refractivity contribution < 1.29 is 13.5 Å². The number of aryl methyl sites for hydroxylation is 1. The van der Waals surface area contributed by atoms with Crippen molar-refractivity contribution in [3.63, 3.8) is 0 Å². The molecule has 0 saturated carbocycles. The van der Waals surface area contributed by atoms with Gasteiger partial charge >= 0.3 is 0 Å². The van der Waals surface area contributed by atoms with Crippen LogP contribution < -0.4 is 4.74 Å². The van der Waals surface area contributed by atoms with Crippen molar-refractivity contribution in [2.45, 2.75) is 18.7 Å². The number of ether oxygens (including phenoxy) is 1. The summed E-state index contributed by atoms with van der Waals surface area (Å²) in [6, 6.07) is 5.53. The van der Waals surface area contributed by atoms with Crippen LogP contribution in [0.2, 0.25) is 0 Å². The third-order valence-corrected chi connectivity index (χ3v) is 5.18. The van der Waals surface area contributed by atoms with E-state index in [4.69, 9.17) is 4.74 Å². The Hall–Kier alpha value is -0.940. The molecule has 0 aromatic heterocycles. The number of hydrogen-bond acceptors (Lipinski definition) is 1. The lowest BCUT2D eigenvalue weighted by Crippen LogP contribution is -2.04. The van der Waals surface area contributed by atoms with Crippen LogP contribution >= 0.6 is 31.9 Å². The summed E-state index contributed by atoms with van der Waals surface area (Å²) >= 11 is 7.02. The van der Waals surface area contributed by atoms with Crippen LogP contribution in [0.15, 0.2) is 28.7 Å². The Balaban J connectivity index is 2.65. The summed E-state index contributed by atoms with van der Waals surface area (Å²) in [5, 5.41) is 0. The normalized spacial score (nSPS) is 12.3. The number of alkyl halides is 1. The van der Waals surface area contributed by atoms with Crippen molar-refractivity contribution in [2.75, 3.05) is 7.11 Å². The van der Waals surface area contributed by atoms with Gasteiger partial charge in [-0.05, 0) is 37.1 Å². The van der Waals surface area contributed by atoms with Gasteiger partial charge in [0.25, 0.3) is 0 Å². The molecule has 0 N–H and O–H groups in total. The maximum atomic E-state index is 14.0. The summed E-state index contributed by atoms with van der Waals surface area (Å²) < 4.78 is 33.5. The predicted molar refractivity (Wildman–Crippen MR) is 87.3 cm³/mol. The van der Waals surface area contributed by atoms with Crippen LogP contribution in [0.5, 0.6) is 5.75 Å². The monoisotopic (exact) mass is 418 g/mol. The largest absolute Gasteiger partial charge is 0.496 e. The van der Waals surface area contributed by atoms with Crippen molar-refractivity contribution in [1.29, 1.82) is 0 Å². The Kier molecular flexibility index (Phi) is 5.04. The van der Waals surface area contributed by atoms with Gasteiger partial charge in [-0.1, -0.05) is 37.9 Å². The van der Waals surface area contributed by atoms with E-state index >= 15 is 0 Å². The summed E-state index contributed by atoms with van der Waals surface area (Å²) in [4.78, 5) is -0.427. The molecule has 0 spiro atoms. The number of benzene rings is 2. The fourth-order valence-electron chi connectivity index (χ4n) is 2.31. The van der Waals surface area contributed by atoms with Gasteiger partial charge in [0.15, 0.2) is 0 Å². The number of hydrogen-bond donors (Lipinski definition) is 0. The molecule has 0 fully saturated rings. The van der Waals surface area contributed by atoms with Gasteiger partial charge in [0.2, 0.25) is 0 Å². The van der Waals surface area contributed by atoms with E-state index in [1.54, 1.807) is 7.11 Å². The SMILES string of the molecule is COc1c(C)cc(Br)c(C)c1C(Br)c1ccc(F)cc1F. The van der Waals surface area contributed by atoms with E-state index in [2.05, 4.69) is 31.9 Å². The van der Waals surface area contributed by atoms with Crippen LogP contribution in [-0.2, 0) is 0 Å². The predicted octanol–water partition coefficient (Wildman–Crippen LogP) is 5.84. The Morgan fingerprint density at radius 1 is 1.14 bits per heavy atom. The van der Waals surface area contributed by atoms with Crippen LogP contribution in [0.4, 0.5) is 8.78 Å². The first kappa shape index (κ1) is 16.4. The van der Waals surface area contributed by atoms with Crippen LogP contribution in [0.25, 0.3) is 0 Å². The van der Waals surface area contributed by atoms with Crippen LogP contribution in [0.1, 0.15) is 27.1 Å². The van der Waals surface area contributed by atoms with Gasteiger partial charge < -0.3 is 4.74 Å². The van der Waals surface area contributed by atoms with E-state index in [-0.39, 0.29) is 0 Å². The average molecular weight is 420 g/mol. The molecule has 1 nitrogen and oxygen atoms in total. The molecule has 0 aliphatic carbocycles. The zero-order valence-electron chi connectivity index (χ0n) is 11.8. The van der Waals surface area contributed by atoms with Gasteiger partial charge in [-0.2, -0.15) is 0 Å². The van der Waals surface area contributed by atoms with Gasteiger partial charge in [-0.25, -0.2) is 8.78 Å². The lowest BCUT2D eigenvalue weighted by Gasteiger charge is -2.21. The third-order valence-electron chi connectivity index (χ3n) is 3.40. The summed E-state index contributed by atoms with van der Waals surface area (Å²) in [7, 11) is 1.58. The number of methoxy groups -OCH3 is 1. The van der Waals surface area contributed by atoms with Gasteiger partial charge in [0.05, 0.1) is 11.9 Å². The second-order valence-electron chi connectivity index (χ2n) is 4.78. The second-order valence-corrected chi connectivity index (χ2v) is 6.55. The third kappa shape index (κ3) is 3.14. The fourth-order valence-corrected chi connectivity index (χ4v) is 3.79. The molecule has 2 aromatic carbocycles. The number of halogens is 4. The van der Waals surface area contributed by atoms with Crippen molar-refractivity contribution in [1.82, 2.24) is 0 Å².